The van der Waals surface area contributed by atoms with Crippen LogP contribution in [0.4, 0.5) is 0 Å². The number of rotatable bonds is 5. The van der Waals surface area contributed by atoms with E-state index in [-0.39, 0.29) is 36.4 Å². The van der Waals surface area contributed by atoms with Crippen LogP contribution in [0.2, 0.25) is 0 Å². The molecule has 6 rings (SSSR count). The first-order valence-electron chi connectivity index (χ1n) is 14.4. The number of carboxylic acid groups (broad SMARTS) is 1. The Morgan fingerprint density at radius 2 is 1.98 bits per heavy atom. The van der Waals surface area contributed by atoms with Crippen molar-refractivity contribution in [3.63, 3.8) is 0 Å². The highest BCUT2D eigenvalue weighted by Gasteiger charge is 2.48. The third-order valence-electron chi connectivity index (χ3n) is 8.02. The normalized spacial score (nSPS) is 29.9. The number of pyridine rings is 2. The number of carbonyl (C=O) groups excluding carboxylic acids is 1. The summed E-state index contributed by atoms with van der Waals surface area (Å²) in [7, 11) is 0. The Morgan fingerprint density at radius 1 is 1.20 bits per heavy atom. The van der Waals surface area contributed by atoms with Crippen LogP contribution in [0.1, 0.15) is 46.6 Å². The minimum Gasteiger partial charge on any atom is -0.479 e. The Morgan fingerprint density at radius 3 is 2.68 bits per heavy atom. The Labute approximate surface area is 236 Å². The number of hydrogen-bond donors (Lipinski definition) is 5. The molecule has 0 unspecified atom stereocenters. The van der Waals surface area contributed by atoms with Gasteiger partial charge in [-0.2, -0.15) is 0 Å². The molecule has 3 aromatic rings. The van der Waals surface area contributed by atoms with E-state index in [9.17, 15) is 39.9 Å². The highest BCUT2D eigenvalue weighted by molar-refractivity contribution is 5.90. The Balaban J connectivity index is 1.47. The first-order valence-corrected chi connectivity index (χ1v) is 12.9. The molecule has 2 aromatic heterocycles. The van der Waals surface area contributed by atoms with Gasteiger partial charge in [-0.25, -0.2) is 14.6 Å². The second-order valence-corrected chi connectivity index (χ2v) is 10.2. The van der Waals surface area contributed by atoms with Gasteiger partial charge in [0.05, 0.1) is 29.0 Å². The number of aliphatic hydroxyl groups is 4. The third-order valence-corrected chi connectivity index (χ3v) is 8.02. The van der Waals surface area contributed by atoms with Gasteiger partial charge >= 0.3 is 11.9 Å². The molecule has 0 spiro atoms. The van der Waals surface area contributed by atoms with Gasteiger partial charge in [-0.05, 0) is 42.7 Å². The van der Waals surface area contributed by atoms with E-state index in [1.807, 2.05) is 0 Å². The smallest absolute Gasteiger partial charge is 0.343 e. The number of fused-ring (bicyclic) bond motifs is 5. The molecule has 1 fully saturated rings. The number of aryl methyl sites for hydroxylation is 1. The van der Waals surface area contributed by atoms with Crippen molar-refractivity contribution in [2.24, 2.45) is 0 Å². The van der Waals surface area contributed by atoms with Crippen molar-refractivity contribution in [1.29, 1.82) is 0 Å². The average Bonchev–Trinajstić information content (AvgIpc) is 3.33. The number of carbonyl (C=O) groups is 2. The topological polar surface area (TPSA) is 198 Å². The van der Waals surface area contributed by atoms with Crippen molar-refractivity contribution in [3.8, 4) is 17.1 Å². The van der Waals surface area contributed by atoms with Gasteiger partial charge in [-0.3, -0.25) is 4.79 Å². The number of esters is 1. The molecule has 13 heteroatoms. The van der Waals surface area contributed by atoms with Crippen LogP contribution < -0.4 is 10.3 Å². The van der Waals surface area contributed by atoms with Crippen LogP contribution in [-0.2, 0) is 44.2 Å². The standard InChI is InChI=1S/C28H28N2O11/c1-3-12-13-7-11(40-26-22(33)20(31)21(32)23(41-26)25(35)36)5-6-17(13)29-19-14(12)9-30-18(19)8-16-15(24(30)34)10-39-27(37)28(16,38)4-2/h5-8,20-23,26,31-33,38H,3-4,9-10H2,1-2H3,(H,35,36)/t20-,21-,22+,23-,26+,28-/m0/s1/i1D3. The predicted octanol–water partition coefficient (Wildman–Crippen LogP) is -0.0870. The summed E-state index contributed by atoms with van der Waals surface area (Å²) in [6, 6.07) is 5.83. The van der Waals surface area contributed by atoms with Crippen molar-refractivity contribution in [3.05, 3.63) is 56.9 Å². The SMILES string of the molecule is [2H]C([2H])([2H])Cc1c2c(nc3ccc(O[C@@H]4O[C@H](C(=O)O)[C@@H](O)[C@H](O)[C@H]4O)cc13)-c1cc3c(c(=O)n1C2)COC(=O)[C@]3(O)CC. The molecule has 3 aliphatic rings. The summed E-state index contributed by atoms with van der Waals surface area (Å²) in [5.41, 5.74) is -0.675. The van der Waals surface area contributed by atoms with Gasteiger partial charge in [0.25, 0.3) is 5.56 Å². The second-order valence-electron chi connectivity index (χ2n) is 10.2. The van der Waals surface area contributed by atoms with Crippen LogP contribution in [-0.4, -0.2) is 77.7 Å². The molecule has 5 heterocycles. The number of benzene rings is 1. The minimum atomic E-state index is -2.46. The van der Waals surface area contributed by atoms with Gasteiger partial charge in [-0.15, -0.1) is 0 Å². The molecule has 1 aromatic carbocycles. The molecule has 0 amide bonds. The van der Waals surface area contributed by atoms with Crippen molar-refractivity contribution in [1.82, 2.24) is 9.55 Å². The van der Waals surface area contributed by atoms with Crippen LogP contribution >= 0.6 is 0 Å². The number of aromatic nitrogens is 2. The summed E-state index contributed by atoms with van der Waals surface area (Å²) in [6.45, 7) is -1.26. The molecule has 0 radical (unpaired) electrons. The maximum atomic E-state index is 13.6. The zero-order valence-corrected chi connectivity index (χ0v) is 21.6. The van der Waals surface area contributed by atoms with E-state index in [1.54, 1.807) is 6.92 Å². The number of aliphatic hydroxyl groups excluding tert-OH is 3. The molecule has 41 heavy (non-hydrogen) atoms. The fourth-order valence-electron chi connectivity index (χ4n) is 5.70. The Bertz CT molecular complexity index is 1770. The maximum absolute atomic E-state index is 13.6. The van der Waals surface area contributed by atoms with Crippen LogP contribution in [0.5, 0.6) is 5.75 Å². The fraction of sp³-hybridized carbons (Fsp3) is 0.429. The molecule has 0 saturated carbocycles. The number of carboxylic acids is 1. The molecule has 0 bridgehead atoms. The van der Waals surface area contributed by atoms with E-state index >= 15 is 0 Å². The Hall–Kier alpha value is -3.88. The zero-order valence-electron chi connectivity index (χ0n) is 24.6. The Kier molecular flexibility index (Phi) is 5.57. The molecule has 13 nitrogen and oxygen atoms in total. The number of aliphatic carboxylic acids is 1. The molecule has 3 aliphatic heterocycles. The molecule has 6 atom stereocenters. The molecular formula is C28H28N2O11. The predicted molar refractivity (Wildman–Crippen MR) is 139 cm³/mol. The summed E-state index contributed by atoms with van der Waals surface area (Å²) in [5.74, 6) is -2.45. The first-order chi connectivity index (χ1) is 20.6. The lowest BCUT2D eigenvalue weighted by atomic mass is 9.86. The summed E-state index contributed by atoms with van der Waals surface area (Å²) in [4.78, 5) is 42.3. The average molecular weight is 572 g/mol. The van der Waals surface area contributed by atoms with Gasteiger partial charge in [0.2, 0.25) is 6.29 Å². The second kappa shape index (κ2) is 9.60. The molecular weight excluding hydrogens is 540 g/mol. The number of hydrogen-bond acceptors (Lipinski definition) is 11. The molecule has 216 valence electrons. The fourth-order valence-corrected chi connectivity index (χ4v) is 5.70. The molecule has 0 aliphatic carbocycles. The van der Waals surface area contributed by atoms with E-state index in [4.69, 9.17) is 23.3 Å². The quantitative estimate of drug-likeness (QED) is 0.200. The summed E-state index contributed by atoms with van der Waals surface area (Å²) in [6.07, 6.45) is -9.68. The summed E-state index contributed by atoms with van der Waals surface area (Å²) < 4.78 is 41.4. The van der Waals surface area contributed by atoms with Crippen LogP contribution in [0.25, 0.3) is 22.3 Å². The number of ether oxygens (including phenoxy) is 3. The number of cyclic esters (lactones) is 1. The number of nitrogens with zero attached hydrogens (tertiary/aromatic N) is 2. The van der Waals surface area contributed by atoms with E-state index in [2.05, 4.69) is 0 Å². The molecule has 5 N–H and O–H groups in total. The first kappa shape index (κ1) is 23.8. The lowest BCUT2D eigenvalue weighted by Gasteiger charge is -2.38. The zero-order chi connectivity index (χ0) is 31.9. The summed E-state index contributed by atoms with van der Waals surface area (Å²) >= 11 is 0. The van der Waals surface area contributed by atoms with Gasteiger partial charge in [-0.1, -0.05) is 13.8 Å². The van der Waals surface area contributed by atoms with Crippen molar-refractivity contribution < 1.29 is 53.4 Å². The highest BCUT2D eigenvalue weighted by atomic mass is 16.7. The van der Waals surface area contributed by atoms with E-state index < -0.39 is 67.1 Å². The van der Waals surface area contributed by atoms with Gasteiger partial charge in [0.1, 0.15) is 30.7 Å². The third kappa shape index (κ3) is 3.95. The molecule has 1 saturated heterocycles. The highest BCUT2D eigenvalue weighted by Crippen LogP contribution is 2.41. The van der Waals surface area contributed by atoms with E-state index in [1.165, 1.54) is 28.8 Å². The van der Waals surface area contributed by atoms with Gasteiger partial charge in [0, 0.05) is 20.6 Å². The van der Waals surface area contributed by atoms with Gasteiger partial charge < -0.3 is 44.3 Å². The van der Waals surface area contributed by atoms with Crippen LogP contribution in [0.15, 0.2) is 29.1 Å². The largest absolute Gasteiger partial charge is 0.479 e. The van der Waals surface area contributed by atoms with E-state index in [0.29, 0.717) is 33.4 Å². The summed E-state index contributed by atoms with van der Waals surface area (Å²) in [5, 5.41) is 51.3. The van der Waals surface area contributed by atoms with Crippen LogP contribution in [0, 0.1) is 0 Å². The lowest BCUT2D eigenvalue weighted by Crippen LogP contribution is -2.61. The minimum absolute atomic E-state index is 0.00892. The maximum Gasteiger partial charge on any atom is 0.343 e. The lowest BCUT2D eigenvalue weighted by molar-refractivity contribution is -0.271. The van der Waals surface area contributed by atoms with Crippen molar-refractivity contribution in [2.75, 3.05) is 0 Å². The monoisotopic (exact) mass is 571 g/mol. The van der Waals surface area contributed by atoms with Gasteiger partial charge in [0.15, 0.2) is 11.7 Å². The van der Waals surface area contributed by atoms with Crippen molar-refractivity contribution in [2.45, 2.75) is 76.1 Å². The van der Waals surface area contributed by atoms with E-state index in [0.717, 1.165) is 0 Å². The van der Waals surface area contributed by atoms with Crippen molar-refractivity contribution >= 4 is 22.8 Å². The van der Waals surface area contributed by atoms with Crippen LogP contribution in [0.3, 0.4) is 0 Å².